The Hall–Kier alpha value is -2.81. The molecule has 1 heterocycles. The van der Waals surface area contributed by atoms with Gasteiger partial charge in [0.2, 0.25) is 11.8 Å². The Morgan fingerprint density at radius 2 is 1.81 bits per heavy atom. The van der Waals surface area contributed by atoms with Gasteiger partial charge in [-0.1, -0.05) is 18.2 Å². The summed E-state index contributed by atoms with van der Waals surface area (Å²) in [7, 11) is -4.22. The molecule has 26 heavy (non-hydrogen) atoms. The Balaban J connectivity index is 1.89. The van der Waals surface area contributed by atoms with Crippen molar-refractivity contribution in [2.45, 2.75) is 23.8 Å². The van der Waals surface area contributed by atoms with Gasteiger partial charge in [0.25, 0.3) is 10.0 Å². The maximum atomic E-state index is 13.7. The van der Waals surface area contributed by atoms with E-state index in [4.69, 9.17) is 0 Å². The molecule has 0 spiro atoms. The zero-order valence-electron chi connectivity index (χ0n) is 13.4. The fraction of sp³-hybridized carbons (Fsp3) is 0.176. The van der Waals surface area contributed by atoms with Crippen molar-refractivity contribution in [2.24, 2.45) is 0 Å². The first-order chi connectivity index (χ1) is 12.3. The van der Waals surface area contributed by atoms with Crippen LogP contribution in [0.3, 0.4) is 0 Å². The Morgan fingerprint density at radius 3 is 2.46 bits per heavy atom. The number of anilines is 1. The second-order valence-corrected chi connectivity index (χ2v) is 7.49. The summed E-state index contributed by atoms with van der Waals surface area (Å²) in [5, 5.41) is 2.21. The van der Waals surface area contributed by atoms with E-state index in [1.165, 1.54) is 24.3 Å². The van der Waals surface area contributed by atoms with Crippen LogP contribution < -0.4 is 5.32 Å². The number of nitrogens with zero attached hydrogens (tertiary/aromatic N) is 1. The molecule has 1 fully saturated rings. The lowest BCUT2D eigenvalue weighted by Gasteiger charge is -2.23. The Kier molecular flexibility index (Phi) is 4.73. The van der Waals surface area contributed by atoms with Crippen LogP contribution in [0.15, 0.2) is 53.4 Å². The molecular weight excluding hydrogens is 366 g/mol. The monoisotopic (exact) mass is 380 g/mol. The lowest BCUT2D eigenvalue weighted by Crippen LogP contribution is -2.45. The molecular formula is C17H14F2N2O4S. The van der Waals surface area contributed by atoms with Crippen LogP contribution in [0.25, 0.3) is 0 Å². The largest absolute Gasteiger partial charge is 0.322 e. The normalized spacial score (nSPS) is 17.4. The minimum Gasteiger partial charge on any atom is -0.322 e. The third-order valence-electron chi connectivity index (χ3n) is 3.95. The number of nitrogens with one attached hydrogen (secondary N) is 1. The van der Waals surface area contributed by atoms with E-state index in [-0.39, 0.29) is 23.4 Å². The zero-order valence-corrected chi connectivity index (χ0v) is 14.2. The first kappa shape index (κ1) is 18.0. The number of carbonyl (C=O) groups excluding carboxylic acids is 2. The van der Waals surface area contributed by atoms with Crippen molar-refractivity contribution in [3.05, 3.63) is 60.2 Å². The molecule has 136 valence electrons. The van der Waals surface area contributed by atoms with Crippen LogP contribution in [0.2, 0.25) is 0 Å². The molecule has 2 aromatic rings. The molecule has 1 unspecified atom stereocenters. The molecule has 6 nitrogen and oxygen atoms in total. The number of halogens is 2. The zero-order chi connectivity index (χ0) is 18.9. The molecule has 0 radical (unpaired) electrons. The van der Waals surface area contributed by atoms with Gasteiger partial charge in [0.05, 0.1) is 10.6 Å². The number of rotatable bonds is 4. The second kappa shape index (κ2) is 6.83. The van der Waals surface area contributed by atoms with Crippen molar-refractivity contribution >= 4 is 27.5 Å². The topological polar surface area (TPSA) is 83.6 Å². The molecule has 2 aromatic carbocycles. The van der Waals surface area contributed by atoms with Crippen LogP contribution in [-0.4, -0.2) is 30.6 Å². The smallest absolute Gasteiger partial charge is 0.267 e. The van der Waals surface area contributed by atoms with Crippen LogP contribution in [0.5, 0.6) is 0 Å². The fourth-order valence-corrected chi connectivity index (χ4v) is 4.34. The molecule has 0 aromatic heterocycles. The summed E-state index contributed by atoms with van der Waals surface area (Å²) in [4.78, 5) is 24.4. The average molecular weight is 380 g/mol. The summed E-state index contributed by atoms with van der Waals surface area (Å²) in [6.45, 7) is 0. The molecule has 0 aliphatic carbocycles. The first-order valence-electron chi connectivity index (χ1n) is 7.69. The Labute approximate surface area is 148 Å². The number of benzene rings is 2. The molecule has 1 N–H and O–H groups in total. The number of hydrogen-bond donors (Lipinski definition) is 1. The van der Waals surface area contributed by atoms with Crippen molar-refractivity contribution in [3.63, 3.8) is 0 Å². The van der Waals surface area contributed by atoms with Crippen LogP contribution in [0.1, 0.15) is 12.8 Å². The van der Waals surface area contributed by atoms with E-state index in [1.807, 2.05) is 0 Å². The molecule has 1 atom stereocenters. The third-order valence-corrected chi connectivity index (χ3v) is 5.80. The number of amides is 2. The van der Waals surface area contributed by atoms with Crippen LogP contribution in [0.4, 0.5) is 14.5 Å². The summed E-state index contributed by atoms with van der Waals surface area (Å²) in [6, 6.07) is 8.50. The first-order valence-corrected chi connectivity index (χ1v) is 9.13. The third kappa shape index (κ3) is 3.30. The van der Waals surface area contributed by atoms with Gasteiger partial charge in [0.15, 0.2) is 0 Å². The minimum absolute atomic E-state index is 0.0282. The van der Waals surface area contributed by atoms with Gasteiger partial charge in [0.1, 0.15) is 17.7 Å². The summed E-state index contributed by atoms with van der Waals surface area (Å²) < 4.78 is 52.7. The van der Waals surface area contributed by atoms with Crippen LogP contribution in [0, 0.1) is 11.6 Å². The highest BCUT2D eigenvalue weighted by Crippen LogP contribution is 2.28. The van der Waals surface area contributed by atoms with E-state index in [0.717, 1.165) is 12.1 Å². The van der Waals surface area contributed by atoms with Crippen LogP contribution >= 0.6 is 0 Å². The van der Waals surface area contributed by atoms with Crippen molar-refractivity contribution in [1.82, 2.24) is 4.31 Å². The van der Waals surface area contributed by atoms with Gasteiger partial charge in [-0.05, 0) is 30.7 Å². The number of hydrogen-bond acceptors (Lipinski definition) is 4. The van der Waals surface area contributed by atoms with E-state index in [0.29, 0.717) is 10.4 Å². The van der Waals surface area contributed by atoms with E-state index in [2.05, 4.69) is 5.32 Å². The van der Waals surface area contributed by atoms with Gasteiger partial charge in [0, 0.05) is 12.5 Å². The summed E-state index contributed by atoms with van der Waals surface area (Å²) in [5.41, 5.74) is -0.298. The van der Waals surface area contributed by atoms with Crippen LogP contribution in [-0.2, 0) is 19.6 Å². The Morgan fingerprint density at radius 1 is 1.12 bits per heavy atom. The van der Waals surface area contributed by atoms with Gasteiger partial charge >= 0.3 is 0 Å². The van der Waals surface area contributed by atoms with Gasteiger partial charge in [-0.2, -0.15) is 0 Å². The van der Waals surface area contributed by atoms with Crippen molar-refractivity contribution in [1.29, 1.82) is 0 Å². The van der Waals surface area contributed by atoms with E-state index >= 15 is 0 Å². The van der Waals surface area contributed by atoms with Gasteiger partial charge in [-0.15, -0.1) is 0 Å². The lowest BCUT2D eigenvalue weighted by atomic mass is 10.2. The van der Waals surface area contributed by atoms with Gasteiger partial charge in [-0.3, -0.25) is 9.59 Å². The molecule has 0 saturated carbocycles. The maximum Gasteiger partial charge on any atom is 0.267 e. The molecule has 1 saturated heterocycles. The molecule has 1 aliphatic heterocycles. The average Bonchev–Trinajstić information content (AvgIpc) is 3.00. The Bertz CT molecular complexity index is 964. The second-order valence-electron chi connectivity index (χ2n) is 5.68. The molecule has 3 rings (SSSR count). The van der Waals surface area contributed by atoms with Crippen molar-refractivity contribution in [3.8, 4) is 0 Å². The molecule has 0 bridgehead atoms. The number of carbonyl (C=O) groups is 2. The molecule has 1 aliphatic rings. The summed E-state index contributed by atoms with van der Waals surface area (Å²) in [6.07, 6.45) is -0.157. The predicted octanol–water partition coefficient (Wildman–Crippen LogP) is 2.28. The highest BCUT2D eigenvalue weighted by molar-refractivity contribution is 7.89. The molecule has 9 heteroatoms. The van der Waals surface area contributed by atoms with Crippen molar-refractivity contribution in [2.75, 3.05) is 5.32 Å². The maximum absolute atomic E-state index is 13.7. The summed E-state index contributed by atoms with van der Waals surface area (Å²) in [5.74, 6) is -3.39. The fourth-order valence-electron chi connectivity index (χ4n) is 2.71. The van der Waals surface area contributed by atoms with E-state index in [9.17, 15) is 26.8 Å². The van der Waals surface area contributed by atoms with Gasteiger partial charge in [-0.25, -0.2) is 21.5 Å². The SMILES string of the molecule is O=C(Nc1ccc(F)cc1F)C1CCC(=O)N1S(=O)(=O)c1ccccc1. The van der Waals surface area contributed by atoms with Gasteiger partial charge < -0.3 is 5.32 Å². The standard InChI is InChI=1S/C17H14F2N2O4S/c18-11-6-7-14(13(19)10-11)20-17(23)15-8-9-16(22)21(15)26(24,25)12-4-2-1-3-5-12/h1-7,10,15H,8-9H2,(H,20,23). The predicted molar refractivity (Wildman–Crippen MR) is 88.5 cm³/mol. The number of sulfonamides is 1. The lowest BCUT2D eigenvalue weighted by molar-refractivity contribution is -0.128. The van der Waals surface area contributed by atoms with E-state index < -0.39 is 39.5 Å². The summed E-state index contributed by atoms with van der Waals surface area (Å²) >= 11 is 0. The highest BCUT2D eigenvalue weighted by atomic mass is 32.2. The highest BCUT2D eigenvalue weighted by Gasteiger charge is 2.44. The van der Waals surface area contributed by atoms with E-state index in [1.54, 1.807) is 6.07 Å². The minimum atomic E-state index is -4.22. The molecule has 2 amide bonds. The van der Waals surface area contributed by atoms with Crippen molar-refractivity contribution < 1.29 is 26.8 Å². The quantitative estimate of drug-likeness (QED) is 0.882.